The van der Waals surface area contributed by atoms with Gasteiger partial charge in [-0.3, -0.25) is 0 Å². The van der Waals surface area contributed by atoms with Gasteiger partial charge in [-0.05, 0) is 38.1 Å². The standard InChI is InChI=1S/C19H22N6O2S/c1-14-6-8-16(9-7-14)28(26,27)22-12-11-21-18-13-19(24-15(2)23-18)25-17-5-3-4-10-20-17/h3-10,13,22H,11-12H2,1-2H3,(H2,20,21,23,24,25). The third-order valence-electron chi connectivity index (χ3n) is 3.81. The Morgan fingerprint density at radius 3 is 2.36 bits per heavy atom. The van der Waals surface area contributed by atoms with Crippen molar-refractivity contribution in [3.05, 3.63) is 66.1 Å². The molecule has 0 amide bonds. The van der Waals surface area contributed by atoms with E-state index in [0.717, 1.165) is 5.56 Å². The molecular formula is C19H22N6O2S. The van der Waals surface area contributed by atoms with Crippen LogP contribution in [0.2, 0.25) is 0 Å². The molecule has 2 aromatic heterocycles. The van der Waals surface area contributed by atoms with Crippen LogP contribution in [-0.2, 0) is 10.0 Å². The van der Waals surface area contributed by atoms with E-state index in [4.69, 9.17) is 0 Å². The summed E-state index contributed by atoms with van der Waals surface area (Å²) in [5, 5.41) is 6.22. The molecule has 28 heavy (non-hydrogen) atoms. The number of hydrogen-bond acceptors (Lipinski definition) is 7. The Bertz CT molecular complexity index is 1020. The topological polar surface area (TPSA) is 109 Å². The zero-order valence-corrected chi connectivity index (χ0v) is 16.5. The largest absolute Gasteiger partial charge is 0.369 e. The van der Waals surface area contributed by atoms with Crippen molar-refractivity contribution in [3.63, 3.8) is 0 Å². The lowest BCUT2D eigenvalue weighted by molar-refractivity contribution is 0.583. The number of sulfonamides is 1. The lowest BCUT2D eigenvalue weighted by Gasteiger charge is -2.11. The number of nitrogens with zero attached hydrogens (tertiary/aromatic N) is 3. The highest BCUT2D eigenvalue weighted by atomic mass is 32.2. The Morgan fingerprint density at radius 2 is 1.64 bits per heavy atom. The van der Waals surface area contributed by atoms with Crippen LogP contribution in [-0.4, -0.2) is 36.5 Å². The van der Waals surface area contributed by atoms with Gasteiger partial charge in [0, 0.05) is 25.4 Å². The molecule has 0 fully saturated rings. The van der Waals surface area contributed by atoms with Crippen molar-refractivity contribution in [2.24, 2.45) is 0 Å². The summed E-state index contributed by atoms with van der Waals surface area (Å²) in [5.74, 6) is 2.47. The quantitative estimate of drug-likeness (QED) is 0.501. The Balaban J connectivity index is 1.56. The minimum absolute atomic E-state index is 0.224. The maximum absolute atomic E-state index is 12.3. The summed E-state index contributed by atoms with van der Waals surface area (Å²) in [4.78, 5) is 13.1. The van der Waals surface area contributed by atoms with E-state index in [0.29, 0.717) is 29.8 Å². The molecular weight excluding hydrogens is 376 g/mol. The van der Waals surface area contributed by atoms with Crippen molar-refractivity contribution >= 4 is 27.5 Å². The molecule has 0 saturated heterocycles. The van der Waals surface area contributed by atoms with Crippen molar-refractivity contribution in [2.75, 3.05) is 23.7 Å². The van der Waals surface area contributed by atoms with Gasteiger partial charge in [0.25, 0.3) is 0 Å². The predicted octanol–water partition coefficient (Wildman–Crippen LogP) is 2.62. The zero-order valence-electron chi connectivity index (χ0n) is 15.7. The normalized spacial score (nSPS) is 11.2. The highest BCUT2D eigenvalue weighted by Crippen LogP contribution is 2.15. The molecule has 3 rings (SSSR count). The van der Waals surface area contributed by atoms with E-state index >= 15 is 0 Å². The zero-order chi connectivity index (χ0) is 20.0. The molecule has 146 valence electrons. The maximum Gasteiger partial charge on any atom is 0.240 e. The fourth-order valence-electron chi connectivity index (χ4n) is 2.47. The van der Waals surface area contributed by atoms with E-state index in [2.05, 4.69) is 30.3 Å². The molecule has 0 atom stereocenters. The number of nitrogens with one attached hydrogen (secondary N) is 3. The molecule has 0 aliphatic rings. The highest BCUT2D eigenvalue weighted by Gasteiger charge is 2.12. The fraction of sp³-hybridized carbons (Fsp3) is 0.211. The molecule has 0 aliphatic carbocycles. The van der Waals surface area contributed by atoms with Gasteiger partial charge in [-0.15, -0.1) is 0 Å². The van der Waals surface area contributed by atoms with Gasteiger partial charge >= 0.3 is 0 Å². The van der Waals surface area contributed by atoms with Crippen molar-refractivity contribution in [1.82, 2.24) is 19.7 Å². The van der Waals surface area contributed by atoms with Crippen LogP contribution in [0.1, 0.15) is 11.4 Å². The number of aryl methyl sites for hydroxylation is 2. The second kappa shape index (κ2) is 8.77. The van der Waals surface area contributed by atoms with E-state index in [1.54, 1.807) is 43.5 Å². The average Bonchev–Trinajstić information content (AvgIpc) is 2.66. The first-order valence-corrected chi connectivity index (χ1v) is 10.2. The van der Waals surface area contributed by atoms with Crippen LogP contribution < -0.4 is 15.4 Å². The first kappa shape index (κ1) is 19.7. The van der Waals surface area contributed by atoms with Gasteiger partial charge in [0.1, 0.15) is 23.3 Å². The Hall–Kier alpha value is -3.04. The molecule has 8 nitrogen and oxygen atoms in total. The first-order chi connectivity index (χ1) is 13.4. The van der Waals surface area contributed by atoms with Crippen LogP contribution >= 0.6 is 0 Å². The van der Waals surface area contributed by atoms with Gasteiger partial charge in [-0.1, -0.05) is 23.8 Å². The number of anilines is 3. The SMILES string of the molecule is Cc1ccc(S(=O)(=O)NCCNc2cc(Nc3ccccn3)nc(C)n2)cc1. The Kier molecular flexibility index (Phi) is 6.17. The van der Waals surface area contributed by atoms with Gasteiger partial charge in [-0.2, -0.15) is 0 Å². The van der Waals surface area contributed by atoms with Gasteiger partial charge in [0.05, 0.1) is 4.90 Å². The fourth-order valence-corrected chi connectivity index (χ4v) is 3.50. The monoisotopic (exact) mass is 398 g/mol. The first-order valence-electron chi connectivity index (χ1n) is 8.76. The molecule has 3 N–H and O–H groups in total. The third kappa shape index (κ3) is 5.48. The molecule has 2 heterocycles. The minimum atomic E-state index is -3.53. The molecule has 0 unspecified atom stereocenters. The molecule has 1 aromatic carbocycles. The van der Waals surface area contributed by atoms with Crippen LogP contribution in [0.3, 0.4) is 0 Å². The van der Waals surface area contributed by atoms with E-state index in [9.17, 15) is 8.42 Å². The van der Waals surface area contributed by atoms with E-state index in [1.807, 2.05) is 25.1 Å². The van der Waals surface area contributed by atoms with E-state index in [1.165, 1.54) is 0 Å². The minimum Gasteiger partial charge on any atom is -0.369 e. The highest BCUT2D eigenvalue weighted by molar-refractivity contribution is 7.89. The molecule has 0 radical (unpaired) electrons. The molecule has 9 heteroatoms. The summed E-state index contributed by atoms with van der Waals surface area (Å²) in [5.41, 5.74) is 1.01. The predicted molar refractivity (Wildman–Crippen MR) is 109 cm³/mol. The van der Waals surface area contributed by atoms with Crippen molar-refractivity contribution < 1.29 is 8.42 Å². The second-order valence-corrected chi connectivity index (χ2v) is 7.93. The van der Waals surface area contributed by atoms with Gasteiger partial charge in [0.15, 0.2) is 0 Å². The lowest BCUT2D eigenvalue weighted by Crippen LogP contribution is -2.29. The Labute approximate surface area is 164 Å². The second-order valence-electron chi connectivity index (χ2n) is 6.16. The molecule has 0 spiro atoms. The van der Waals surface area contributed by atoms with Crippen LogP contribution in [0.15, 0.2) is 59.6 Å². The summed E-state index contributed by atoms with van der Waals surface area (Å²) in [7, 11) is -3.53. The van der Waals surface area contributed by atoms with Crippen molar-refractivity contribution in [2.45, 2.75) is 18.7 Å². The number of rotatable bonds is 8. The third-order valence-corrected chi connectivity index (χ3v) is 5.29. The smallest absolute Gasteiger partial charge is 0.240 e. The molecule has 0 saturated carbocycles. The summed E-state index contributed by atoms with van der Waals surface area (Å²) in [6.07, 6.45) is 1.69. The van der Waals surface area contributed by atoms with Gasteiger partial charge in [-0.25, -0.2) is 28.1 Å². The van der Waals surface area contributed by atoms with Gasteiger partial charge in [0.2, 0.25) is 10.0 Å². The van der Waals surface area contributed by atoms with Crippen molar-refractivity contribution in [1.29, 1.82) is 0 Å². The molecule has 0 bridgehead atoms. The number of hydrogen-bond donors (Lipinski definition) is 3. The lowest BCUT2D eigenvalue weighted by atomic mass is 10.2. The summed E-state index contributed by atoms with van der Waals surface area (Å²) in [6, 6.07) is 14.0. The van der Waals surface area contributed by atoms with Crippen LogP contribution in [0.25, 0.3) is 0 Å². The van der Waals surface area contributed by atoms with E-state index < -0.39 is 10.0 Å². The number of benzene rings is 1. The Morgan fingerprint density at radius 1 is 0.893 bits per heavy atom. The van der Waals surface area contributed by atoms with Crippen LogP contribution in [0.5, 0.6) is 0 Å². The maximum atomic E-state index is 12.3. The number of aromatic nitrogens is 3. The summed E-state index contributed by atoms with van der Waals surface area (Å²) < 4.78 is 27.1. The van der Waals surface area contributed by atoms with Crippen LogP contribution in [0.4, 0.5) is 17.5 Å². The summed E-state index contributed by atoms with van der Waals surface area (Å²) >= 11 is 0. The van der Waals surface area contributed by atoms with E-state index in [-0.39, 0.29) is 11.4 Å². The van der Waals surface area contributed by atoms with Gasteiger partial charge < -0.3 is 10.6 Å². The molecule has 3 aromatic rings. The summed E-state index contributed by atoms with van der Waals surface area (Å²) in [6.45, 7) is 4.30. The average molecular weight is 398 g/mol. The number of pyridine rings is 1. The molecule has 0 aliphatic heterocycles. The van der Waals surface area contributed by atoms with Crippen molar-refractivity contribution in [3.8, 4) is 0 Å². The van der Waals surface area contributed by atoms with Crippen LogP contribution in [0, 0.1) is 13.8 Å².